The smallest absolute Gasteiger partial charge is 0.302 e. The average Bonchev–Trinajstić information content (AvgIpc) is 3.03. The van der Waals surface area contributed by atoms with Crippen LogP contribution in [-0.4, -0.2) is 64.6 Å². The summed E-state index contributed by atoms with van der Waals surface area (Å²) >= 11 is 0. The van der Waals surface area contributed by atoms with E-state index in [-0.39, 0.29) is 25.9 Å². The highest BCUT2D eigenvalue weighted by molar-refractivity contribution is 7.86. The van der Waals surface area contributed by atoms with Crippen molar-refractivity contribution in [3.63, 3.8) is 0 Å². The lowest BCUT2D eigenvalue weighted by molar-refractivity contribution is -0.162. The number of allylic oxidation sites excluding steroid dienone is 3. The summed E-state index contributed by atoms with van der Waals surface area (Å²) in [5.41, 5.74) is 0.262. The quantitative estimate of drug-likeness (QED) is 0.239. The van der Waals surface area contributed by atoms with Crippen LogP contribution in [-0.2, 0) is 38.0 Å². The monoisotopic (exact) mass is 474 g/mol. The van der Waals surface area contributed by atoms with Crippen LogP contribution >= 0.6 is 0 Å². The van der Waals surface area contributed by atoms with Crippen molar-refractivity contribution >= 4 is 16.1 Å². The molecule has 0 unspecified atom stereocenters. The zero-order chi connectivity index (χ0) is 24.0. The van der Waals surface area contributed by atoms with E-state index < -0.39 is 33.4 Å². The van der Waals surface area contributed by atoms with Crippen LogP contribution in [0.2, 0.25) is 0 Å². The predicted octanol–water partition coefficient (Wildman–Crippen LogP) is 3.66. The zero-order valence-corrected chi connectivity index (χ0v) is 21.0. The Balaban J connectivity index is 2.53. The van der Waals surface area contributed by atoms with Gasteiger partial charge in [-0.2, -0.15) is 8.42 Å². The van der Waals surface area contributed by atoms with Crippen molar-refractivity contribution < 1.29 is 36.3 Å². The molecular formula is C23H38O8S. The number of carbonyl (C=O) groups excluding carboxylic acids is 1. The molecule has 2 aliphatic heterocycles. The Hall–Kier alpha value is -1.26. The van der Waals surface area contributed by atoms with E-state index in [1.54, 1.807) is 7.11 Å². The maximum atomic E-state index is 12.3. The Morgan fingerprint density at radius 2 is 1.88 bits per heavy atom. The first kappa shape index (κ1) is 27.0. The number of ether oxygens (including phenoxy) is 4. The highest BCUT2D eigenvalue weighted by atomic mass is 32.2. The zero-order valence-electron chi connectivity index (χ0n) is 20.1. The molecule has 0 amide bonds. The van der Waals surface area contributed by atoms with Crippen molar-refractivity contribution in [2.45, 2.75) is 89.6 Å². The SMILES string of the molecule is COCO[C@]1(C)C[C@@H]2O[C@H]1CC/C(C)=C\CC/C(C)=C\C[C@@]2(COC(C)=O)OS(C)(=O)=O. The van der Waals surface area contributed by atoms with E-state index in [9.17, 15) is 13.2 Å². The molecule has 32 heavy (non-hydrogen) atoms. The summed E-state index contributed by atoms with van der Waals surface area (Å²) in [6.45, 7) is 7.18. The fourth-order valence-electron chi connectivity index (χ4n) is 4.30. The third kappa shape index (κ3) is 7.66. The third-order valence-corrected chi connectivity index (χ3v) is 6.79. The van der Waals surface area contributed by atoms with Gasteiger partial charge in [0.2, 0.25) is 0 Å². The van der Waals surface area contributed by atoms with Crippen LogP contribution in [0.5, 0.6) is 0 Å². The molecule has 1 saturated heterocycles. The lowest BCUT2D eigenvalue weighted by atomic mass is 9.84. The minimum absolute atomic E-state index is 0.0841. The highest BCUT2D eigenvalue weighted by Crippen LogP contribution is 2.44. The Bertz CT molecular complexity index is 818. The molecule has 0 aromatic heterocycles. The van der Waals surface area contributed by atoms with Gasteiger partial charge in [-0.3, -0.25) is 8.98 Å². The maximum absolute atomic E-state index is 12.3. The van der Waals surface area contributed by atoms with Gasteiger partial charge in [0.15, 0.2) is 5.60 Å². The average molecular weight is 475 g/mol. The molecule has 0 spiro atoms. The molecule has 9 heteroatoms. The lowest BCUT2D eigenvalue weighted by Gasteiger charge is -2.36. The van der Waals surface area contributed by atoms with Crippen LogP contribution in [0.15, 0.2) is 23.3 Å². The maximum Gasteiger partial charge on any atom is 0.302 e. The number of fused-ring (bicyclic) bond motifs is 2. The Morgan fingerprint density at radius 3 is 2.50 bits per heavy atom. The van der Waals surface area contributed by atoms with Crippen LogP contribution in [0.1, 0.15) is 66.2 Å². The summed E-state index contributed by atoms with van der Waals surface area (Å²) in [7, 11) is -2.33. The molecule has 1 fully saturated rings. The van der Waals surface area contributed by atoms with Crippen molar-refractivity contribution in [2.24, 2.45) is 0 Å². The molecule has 2 heterocycles. The van der Waals surface area contributed by atoms with Crippen molar-refractivity contribution in [3.05, 3.63) is 23.3 Å². The Kier molecular flexibility index (Phi) is 9.48. The first-order chi connectivity index (χ1) is 14.9. The van der Waals surface area contributed by atoms with Gasteiger partial charge in [-0.15, -0.1) is 0 Å². The van der Waals surface area contributed by atoms with E-state index in [0.717, 1.165) is 31.1 Å². The van der Waals surface area contributed by atoms with Gasteiger partial charge in [-0.1, -0.05) is 23.3 Å². The molecule has 2 aliphatic rings. The summed E-state index contributed by atoms with van der Waals surface area (Å²) in [4.78, 5) is 11.7. The molecule has 0 N–H and O–H groups in total. The summed E-state index contributed by atoms with van der Waals surface area (Å²) in [6.07, 6.45) is 8.08. The fourth-order valence-corrected chi connectivity index (χ4v) is 5.12. The fraction of sp³-hybridized carbons (Fsp3) is 0.783. The molecule has 0 radical (unpaired) electrons. The van der Waals surface area contributed by atoms with Gasteiger partial charge in [0.1, 0.15) is 13.4 Å². The van der Waals surface area contributed by atoms with Gasteiger partial charge in [0, 0.05) is 26.9 Å². The predicted molar refractivity (Wildman–Crippen MR) is 121 cm³/mol. The molecule has 0 aromatic rings. The van der Waals surface area contributed by atoms with Gasteiger partial charge >= 0.3 is 5.97 Å². The highest BCUT2D eigenvalue weighted by Gasteiger charge is 2.55. The van der Waals surface area contributed by atoms with E-state index in [0.29, 0.717) is 12.8 Å². The number of hydrogen-bond donors (Lipinski definition) is 0. The molecule has 8 nitrogen and oxygen atoms in total. The number of hydrogen-bond acceptors (Lipinski definition) is 8. The van der Waals surface area contributed by atoms with E-state index in [1.807, 2.05) is 19.9 Å². The first-order valence-corrected chi connectivity index (χ1v) is 12.8. The van der Waals surface area contributed by atoms with E-state index in [4.69, 9.17) is 23.1 Å². The second-order valence-corrected chi connectivity index (χ2v) is 10.8. The van der Waals surface area contributed by atoms with Crippen molar-refractivity contribution in [1.82, 2.24) is 0 Å². The van der Waals surface area contributed by atoms with Crippen LogP contribution in [0.3, 0.4) is 0 Å². The van der Waals surface area contributed by atoms with Gasteiger partial charge in [0.25, 0.3) is 10.1 Å². The van der Waals surface area contributed by atoms with Crippen LogP contribution in [0.4, 0.5) is 0 Å². The van der Waals surface area contributed by atoms with E-state index >= 15 is 0 Å². The minimum atomic E-state index is -3.88. The van der Waals surface area contributed by atoms with Gasteiger partial charge in [-0.25, -0.2) is 0 Å². The van der Waals surface area contributed by atoms with Crippen molar-refractivity contribution in [1.29, 1.82) is 0 Å². The van der Waals surface area contributed by atoms with Gasteiger partial charge < -0.3 is 18.9 Å². The van der Waals surface area contributed by atoms with Crippen molar-refractivity contribution in [3.8, 4) is 0 Å². The summed E-state index contributed by atoms with van der Waals surface area (Å²) < 4.78 is 53.2. The molecule has 2 rings (SSSR count). The second-order valence-electron chi connectivity index (χ2n) is 9.20. The molecule has 0 aromatic carbocycles. The largest absolute Gasteiger partial charge is 0.463 e. The van der Waals surface area contributed by atoms with Crippen LogP contribution < -0.4 is 0 Å². The Morgan fingerprint density at radius 1 is 1.19 bits per heavy atom. The lowest BCUT2D eigenvalue weighted by Crippen LogP contribution is -2.50. The molecule has 4 atom stereocenters. The van der Waals surface area contributed by atoms with E-state index in [1.165, 1.54) is 12.5 Å². The number of esters is 1. The topological polar surface area (TPSA) is 97.4 Å². The number of carbonyl (C=O) groups is 1. The normalized spacial score (nSPS) is 35.4. The molecule has 0 aliphatic carbocycles. The van der Waals surface area contributed by atoms with Crippen LogP contribution in [0.25, 0.3) is 0 Å². The summed E-state index contributed by atoms with van der Waals surface area (Å²) in [5.74, 6) is -0.516. The van der Waals surface area contributed by atoms with Gasteiger partial charge in [0.05, 0.1) is 24.1 Å². The van der Waals surface area contributed by atoms with Gasteiger partial charge in [-0.05, 0) is 46.5 Å². The Labute approximate surface area is 192 Å². The third-order valence-electron chi connectivity index (χ3n) is 6.16. The molecule has 2 bridgehead atoms. The van der Waals surface area contributed by atoms with E-state index in [2.05, 4.69) is 13.0 Å². The first-order valence-electron chi connectivity index (χ1n) is 11.0. The number of rotatable bonds is 7. The van der Waals surface area contributed by atoms with Crippen molar-refractivity contribution in [2.75, 3.05) is 26.8 Å². The van der Waals surface area contributed by atoms with Crippen LogP contribution in [0, 0.1) is 0 Å². The molecular weight excluding hydrogens is 436 g/mol. The molecule has 0 saturated carbocycles. The molecule has 184 valence electrons. The standard InChI is InChI=1S/C23H38O8S/c1-17-8-7-9-18(2)12-13-23(15-28-19(3)24,31-32(6,25)26)21-14-22(4,29-16-27-5)20(30-21)11-10-17/h8,12,20-21H,7,9-11,13-16H2,1-6H3/b17-8-,18-12-/t20-,21-,22+,23-/m0/s1. The minimum Gasteiger partial charge on any atom is -0.463 e. The second kappa shape index (κ2) is 11.2. The summed E-state index contributed by atoms with van der Waals surface area (Å²) in [6, 6.07) is 0. The summed E-state index contributed by atoms with van der Waals surface area (Å²) in [5, 5.41) is 0. The number of methoxy groups -OCH3 is 1.